The molecule has 0 aliphatic carbocycles. The summed E-state index contributed by atoms with van der Waals surface area (Å²) in [6.07, 6.45) is 0.809. The molecule has 0 radical (unpaired) electrons. The molecule has 0 spiro atoms. The molecule has 1 heterocycles. The monoisotopic (exact) mass is 249 g/mol. The Morgan fingerprint density at radius 2 is 1.83 bits per heavy atom. The Bertz CT molecular complexity index is 504. The molecule has 0 saturated heterocycles. The van der Waals surface area contributed by atoms with Gasteiger partial charge in [0.05, 0.1) is 5.71 Å². The predicted molar refractivity (Wildman–Crippen MR) is 70.3 cm³/mol. The summed E-state index contributed by atoms with van der Waals surface area (Å²) in [6.45, 7) is 4.82. The third kappa shape index (κ3) is 2.50. The van der Waals surface area contributed by atoms with E-state index in [1.54, 1.807) is 0 Å². The van der Waals surface area contributed by atoms with E-state index >= 15 is 0 Å². The molecule has 2 rings (SSSR count). The quantitative estimate of drug-likeness (QED) is 0.747. The van der Waals surface area contributed by atoms with Gasteiger partial charge in [0.2, 0.25) is 0 Å². The Labute approximate surface area is 106 Å². The van der Waals surface area contributed by atoms with Crippen LogP contribution >= 0.6 is 0 Å². The molecule has 0 bridgehead atoms. The molecule has 0 amide bonds. The standard InChI is InChI=1S/C15H17F2N/c1-4-13-12(15(3,16)17)9-14(18-13)11-7-5-10(2)6-8-11/h5-8H,4,9H2,1-3H3. The predicted octanol–water partition coefficient (Wildman–Crippen LogP) is 4.51. The fourth-order valence-corrected chi connectivity index (χ4v) is 2.15. The number of hydrogen-bond acceptors (Lipinski definition) is 1. The second kappa shape index (κ2) is 4.63. The number of alkyl halides is 2. The van der Waals surface area contributed by atoms with Crippen molar-refractivity contribution in [2.75, 3.05) is 0 Å². The van der Waals surface area contributed by atoms with Gasteiger partial charge < -0.3 is 0 Å². The van der Waals surface area contributed by atoms with Crippen LogP contribution in [-0.2, 0) is 0 Å². The largest absolute Gasteiger partial charge is 0.269 e. The molecule has 0 unspecified atom stereocenters. The van der Waals surface area contributed by atoms with Crippen molar-refractivity contribution >= 4 is 5.71 Å². The van der Waals surface area contributed by atoms with E-state index < -0.39 is 5.92 Å². The lowest BCUT2D eigenvalue weighted by Crippen LogP contribution is -2.15. The minimum Gasteiger partial charge on any atom is -0.257 e. The van der Waals surface area contributed by atoms with Crippen molar-refractivity contribution in [3.63, 3.8) is 0 Å². The van der Waals surface area contributed by atoms with E-state index in [2.05, 4.69) is 4.99 Å². The van der Waals surface area contributed by atoms with Crippen LogP contribution in [0.25, 0.3) is 0 Å². The second-order valence-corrected chi connectivity index (χ2v) is 4.77. The molecule has 0 atom stereocenters. The van der Waals surface area contributed by atoms with Crippen LogP contribution in [-0.4, -0.2) is 11.6 Å². The molecule has 1 nitrogen and oxygen atoms in total. The van der Waals surface area contributed by atoms with Gasteiger partial charge in [0.15, 0.2) is 0 Å². The second-order valence-electron chi connectivity index (χ2n) is 4.77. The SMILES string of the molecule is CCC1=C(C(C)(F)F)CC(c2ccc(C)cc2)=N1. The van der Waals surface area contributed by atoms with Gasteiger partial charge in [-0.15, -0.1) is 0 Å². The number of nitrogens with zero attached hydrogens (tertiary/aromatic N) is 1. The molecule has 1 aliphatic heterocycles. The smallest absolute Gasteiger partial charge is 0.257 e. The lowest BCUT2D eigenvalue weighted by molar-refractivity contribution is 0.0610. The highest BCUT2D eigenvalue weighted by atomic mass is 19.3. The van der Waals surface area contributed by atoms with Crippen LogP contribution in [0.1, 0.15) is 37.8 Å². The molecular formula is C15H17F2N. The maximum absolute atomic E-state index is 13.5. The highest BCUT2D eigenvalue weighted by Gasteiger charge is 2.34. The van der Waals surface area contributed by atoms with Crippen molar-refractivity contribution in [2.45, 2.75) is 39.5 Å². The highest BCUT2D eigenvalue weighted by molar-refractivity contribution is 6.04. The fourth-order valence-electron chi connectivity index (χ4n) is 2.15. The van der Waals surface area contributed by atoms with Crippen LogP contribution in [0.4, 0.5) is 8.78 Å². The first-order valence-electron chi connectivity index (χ1n) is 6.16. The topological polar surface area (TPSA) is 12.4 Å². The summed E-state index contributed by atoms with van der Waals surface area (Å²) in [6, 6.07) is 7.84. The maximum atomic E-state index is 13.5. The Morgan fingerprint density at radius 3 is 2.28 bits per heavy atom. The minimum atomic E-state index is -2.78. The first kappa shape index (κ1) is 12.9. The third-order valence-corrected chi connectivity index (χ3v) is 3.21. The Kier molecular flexibility index (Phi) is 3.33. The normalized spacial score (nSPS) is 16.2. The van der Waals surface area contributed by atoms with Gasteiger partial charge in [0, 0.05) is 24.6 Å². The van der Waals surface area contributed by atoms with E-state index in [1.165, 1.54) is 0 Å². The molecule has 18 heavy (non-hydrogen) atoms. The average molecular weight is 249 g/mol. The first-order chi connectivity index (χ1) is 8.41. The summed E-state index contributed by atoms with van der Waals surface area (Å²) in [4.78, 5) is 4.37. The summed E-state index contributed by atoms with van der Waals surface area (Å²) in [7, 11) is 0. The molecule has 0 fully saturated rings. The molecular weight excluding hydrogens is 232 g/mol. The number of allylic oxidation sites excluding steroid dienone is 2. The van der Waals surface area contributed by atoms with E-state index in [0.717, 1.165) is 23.8 Å². The summed E-state index contributed by atoms with van der Waals surface area (Å²) in [5, 5.41) is 0. The molecule has 1 aromatic carbocycles. The number of aryl methyl sites for hydroxylation is 1. The maximum Gasteiger partial charge on any atom is 0.269 e. The van der Waals surface area contributed by atoms with Crippen LogP contribution in [0.15, 0.2) is 40.5 Å². The third-order valence-electron chi connectivity index (χ3n) is 3.21. The summed E-state index contributed by atoms with van der Waals surface area (Å²) >= 11 is 0. The van der Waals surface area contributed by atoms with Gasteiger partial charge in [-0.3, -0.25) is 4.99 Å². The molecule has 1 aliphatic rings. The van der Waals surface area contributed by atoms with Crippen molar-refractivity contribution in [3.05, 3.63) is 46.7 Å². The van der Waals surface area contributed by atoms with Gasteiger partial charge in [-0.2, -0.15) is 0 Å². The summed E-state index contributed by atoms with van der Waals surface area (Å²) in [5.74, 6) is -2.78. The van der Waals surface area contributed by atoms with Crippen LogP contribution in [0.5, 0.6) is 0 Å². The van der Waals surface area contributed by atoms with E-state index in [4.69, 9.17) is 0 Å². The zero-order chi connectivity index (χ0) is 13.3. The molecule has 0 N–H and O–H groups in total. The number of rotatable bonds is 3. The van der Waals surface area contributed by atoms with Gasteiger partial charge >= 0.3 is 0 Å². The van der Waals surface area contributed by atoms with Crippen molar-refractivity contribution in [1.29, 1.82) is 0 Å². The molecule has 1 aromatic rings. The van der Waals surface area contributed by atoms with Crippen LogP contribution in [0.3, 0.4) is 0 Å². The molecule has 0 saturated carbocycles. The Hall–Kier alpha value is -1.51. The molecule has 3 heteroatoms. The number of aliphatic imine (C=N–C) groups is 1. The van der Waals surface area contributed by atoms with Crippen molar-refractivity contribution in [3.8, 4) is 0 Å². The molecule has 0 aromatic heterocycles. The number of benzene rings is 1. The van der Waals surface area contributed by atoms with Gasteiger partial charge in [-0.1, -0.05) is 36.8 Å². The van der Waals surface area contributed by atoms with Crippen LogP contribution in [0.2, 0.25) is 0 Å². The lowest BCUT2D eigenvalue weighted by Gasteiger charge is -2.13. The number of hydrogen-bond donors (Lipinski definition) is 0. The van der Waals surface area contributed by atoms with Crippen molar-refractivity contribution in [1.82, 2.24) is 0 Å². The van der Waals surface area contributed by atoms with E-state index in [1.807, 2.05) is 38.1 Å². The molecule has 96 valence electrons. The van der Waals surface area contributed by atoms with Crippen molar-refractivity contribution < 1.29 is 8.78 Å². The Balaban J connectivity index is 2.29. The van der Waals surface area contributed by atoms with Gasteiger partial charge in [0.25, 0.3) is 5.92 Å². The van der Waals surface area contributed by atoms with E-state index in [9.17, 15) is 8.78 Å². The highest BCUT2D eigenvalue weighted by Crippen LogP contribution is 2.36. The van der Waals surface area contributed by atoms with Gasteiger partial charge in [-0.05, 0) is 18.9 Å². The summed E-state index contributed by atoms with van der Waals surface area (Å²) in [5.41, 5.74) is 3.55. The zero-order valence-electron chi connectivity index (χ0n) is 10.9. The van der Waals surface area contributed by atoms with E-state index in [-0.39, 0.29) is 12.0 Å². The number of halogens is 2. The fraction of sp³-hybridized carbons (Fsp3) is 0.400. The minimum absolute atomic E-state index is 0.167. The zero-order valence-corrected chi connectivity index (χ0v) is 10.9. The summed E-state index contributed by atoms with van der Waals surface area (Å²) < 4.78 is 27.0. The first-order valence-corrected chi connectivity index (χ1v) is 6.16. The van der Waals surface area contributed by atoms with Gasteiger partial charge in [-0.25, -0.2) is 8.78 Å². The average Bonchev–Trinajstić information content (AvgIpc) is 2.73. The van der Waals surface area contributed by atoms with Crippen LogP contribution in [0, 0.1) is 6.92 Å². The van der Waals surface area contributed by atoms with Crippen LogP contribution < -0.4 is 0 Å². The van der Waals surface area contributed by atoms with Crippen molar-refractivity contribution in [2.24, 2.45) is 4.99 Å². The van der Waals surface area contributed by atoms with Gasteiger partial charge in [0.1, 0.15) is 0 Å². The Morgan fingerprint density at radius 1 is 1.22 bits per heavy atom. The lowest BCUT2D eigenvalue weighted by atomic mass is 9.99. The van der Waals surface area contributed by atoms with E-state index in [0.29, 0.717) is 12.1 Å².